The Morgan fingerprint density at radius 3 is 2.67 bits per heavy atom. The molecule has 0 saturated carbocycles. The van der Waals surface area contributed by atoms with Gasteiger partial charge < -0.3 is 0 Å². The molecule has 0 aromatic heterocycles. The van der Waals surface area contributed by atoms with Crippen LogP contribution in [0.15, 0.2) is 42.5 Å². The largest absolute Gasteiger partial charge is 0.0836 e. The third-order valence-electron chi connectivity index (χ3n) is 4.86. The third kappa shape index (κ3) is 3.23. The van der Waals surface area contributed by atoms with Crippen LogP contribution in [0.1, 0.15) is 45.5 Å². The summed E-state index contributed by atoms with van der Waals surface area (Å²) in [5.41, 5.74) is 7.31. The van der Waals surface area contributed by atoms with Crippen LogP contribution in [0.25, 0.3) is 0 Å². The van der Waals surface area contributed by atoms with Crippen molar-refractivity contribution in [2.24, 2.45) is 5.92 Å². The van der Waals surface area contributed by atoms with Crippen molar-refractivity contribution in [2.45, 2.75) is 44.4 Å². The summed E-state index contributed by atoms with van der Waals surface area (Å²) >= 11 is 3.99. The van der Waals surface area contributed by atoms with E-state index in [-0.39, 0.29) is 0 Å². The van der Waals surface area contributed by atoms with E-state index in [1.165, 1.54) is 53.5 Å². The minimum atomic E-state index is 0.484. The summed E-state index contributed by atoms with van der Waals surface area (Å²) < 4.78 is 0. The van der Waals surface area contributed by atoms with Gasteiger partial charge in [-0.25, -0.2) is 0 Å². The maximum absolute atomic E-state index is 3.99. The number of fused-ring (bicyclic) bond motifs is 1. The summed E-state index contributed by atoms with van der Waals surface area (Å²) in [6.07, 6.45) is 5.00. The monoisotopic (exact) mass is 342 g/mol. The van der Waals surface area contributed by atoms with Gasteiger partial charge in [0.1, 0.15) is 0 Å². The van der Waals surface area contributed by atoms with E-state index >= 15 is 0 Å². The number of benzene rings is 2. The second kappa shape index (κ2) is 6.36. The Morgan fingerprint density at radius 1 is 1.05 bits per heavy atom. The fourth-order valence-electron chi connectivity index (χ4n) is 3.42. The summed E-state index contributed by atoms with van der Waals surface area (Å²) in [5, 5.41) is 0. The minimum absolute atomic E-state index is 0.484. The Bertz CT molecular complexity index is 629. The zero-order valence-corrected chi connectivity index (χ0v) is 14.5. The van der Waals surface area contributed by atoms with Gasteiger partial charge >= 0.3 is 0 Å². The van der Waals surface area contributed by atoms with Crippen molar-refractivity contribution in [2.75, 3.05) is 0 Å². The van der Waals surface area contributed by atoms with Crippen molar-refractivity contribution >= 4 is 15.9 Å². The molecular formula is C20H23Br. The van der Waals surface area contributed by atoms with Crippen molar-refractivity contribution in [1.29, 1.82) is 0 Å². The van der Waals surface area contributed by atoms with Crippen LogP contribution >= 0.6 is 15.9 Å². The van der Waals surface area contributed by atoms with Crippen LogP contribution in [0.2, 0.25) is 0 Å². The van der Waals surface area contributed by atoms with Crippen LogP contribution in [0.4, 0.5) is 0 Å². The Hall–Kier alpha value is -1.08. The van der Waals surface area contributed by atoms with Gasteiger partial charge in [-0.15, -0.1) is 0 Å². The molecule has 110 valence electrons. The van der Waals surface area contributed by atoms with Crippen LogP contribution in [-0.2, 0) is 12.8 Å². The van der Waals surface area contributed by atoms with Gasteiger partial charge in [0.05, 0.1) is 0 Å². The molecule has 0 radical (unpaired) electrons. The third-order valence-corrected chi connectivity index (χ3v) is 6.10. The van der Waals surface area contributed by atoms with E-state index in [0.29, 0.717) is 10.7 Å². The van der Waals surface area contributed by atoms with Gasteiger partial charge in [-0.1, -0.05) is 58.4 Å². The van der Waals surface area contributed by atoms with Crippen LogP contribution in [0.3, 0.4) is 0 Å². The number of aryl methyl sites for hydroxylation is 3. The fraction of sp³-hybridized carbons (Fsp3) is 0.400. The predicted octanol–water partition coefficient (Wildman–Crippen LogP) is 5.93. The van der Waals surface area contributed by atoms with Gasteiger partial charge in [0, 0.05) is 4.83 Å². The lowest BCUT2D eigenvalue weighted by molar-refractivity contribution is 0.475. The average molecular weight is 343 g/mol. The Labute approximate surface area is 136 Å². The molecule has 2 aromatic carbocycles. The molecule has 1 aliphatic carbocycles. The Kier molecular flexibility index (Phi) is 4.49. The molecule has 1 aliphatic rings. The minimum Gasteiger partial charge on any atom is -0.0836 e. The first kappa shape index (κ1) is 14.8. The number of rotatable bonds is 2. The van der Waals surface area contributed by atoms with Crippen molar-refractivity contribution in [3.63, 3.8) is 0 Å². The number of alkyl halides is 1. The quantitative estimate of drug-likeness (QED) is 0.468. The van der Waals surface area contributed by atoms with E-state index in [1.807, 2.05) is 0 Å². The smallest absolute Gasteiger partial charge is 0.0429 e. The van der Waals surface area contributed by atoms with E-state index in [4.69, 9.17) is 0 Å². The topological polar surface area (TPSA) is 0 Å². The first-order chi connectivity index (χ1) is 10.1. The zero-order chi connectivity index (χ0) is 14.8. The molecule has 0 heterocycles. The Balaban J connectivity index is 1.84. The standard InChI is InChI=1S/C20H23Br/c1-14-10-11-16(12-15(14)2)13-18-8-5-7-17-6-3-4-9-19(17)20(18)21/h3-4,6,9-12,18,20H,5,7-8,13H2,1-2H3. The van der Waals surface area contributed by atoms with E-state index in [2.05, 4.69) is 72.2 Å². The highest BCUT2D eigenvalue weighted by atomic mass is 79.9. The maximum Gasteiger partial charge on any atom is 0.0429 e. The zero-order valence-electron chi connectivity index (χ0n) is 12.9. The first-order valence-corrected chi connectivity index (χ1v) is 8.84. The number of halogens is 1. The molecule has 3 rings (SSSR count). The van der Waals surface area contributed by atoms with Gasteiger partial charge in [0.15, 0.2) is 0 Å². The van der Waals surface area contributed by atoms with Crippen molar-refractivity contribution < 1.29 is 0 Å². The molecule has 0 N–H and O–H groups in total. The van der Waals surface area contributed by atoms with Gasteiger partial charge in [-0.05, 0) is 73.3 Å². The van der Waals surface area contributed by atoms with Crippen LogP contribution in [0.5, 0.6) is 0 Å². The molecule has 2 aromatic rings. The lowest BCUT2D eigenvalue weighted by Gasteiger charge is -2.22. The van der Waals surface area contributed by atoms with Crippen molar-refractivity contribution in [3.8, 4) is 0 Å². The van der Waals surface area contributed by atoms with Crippen LogP contribution in [-0.4, -0.2) is 0 Å². The van der Waals surface area contributed by atoms with Gasteiger partial charge in [-0.3, -0.25) is 0 Å². The molecule has 0 saturated heterocycles. The SMILES string of the molecule is Cc1ccc(CC2CCCc3ccccc3C2Br)cc1C. The summed E-state index contributed by atoms with van der Waals surface area (Å²) in [7, 11) is 0. The number of hydrogen-bond donors (Lipinski definition) is 0. The highest BCUT2D eigenvalue weighted by Crippen LogP contribution is 2.40. The highest BCUT2D eigenvalue weighted by Gasteiger charge is 2.25. The molecule has 1 heteroatoms. The van der Waals surface area contributed by atoms with E-state index < -0.39 is 0 Å². The molecule has 0 nitrogen and oxygen atoms in total. The van der Waals surface area contributed by atoms with E-state index in [1.54, 1.807) is 0 Å². The summed E-state index contributed by atoms with van der Waals surface area (Å²) in [6.45, 7) is 4.40. The average Bonchev–Trinajstić information content (AvgIpc) is 2.64. The molecule has 2 unspecified atom stereocenters. The molecule has 2 atom stereocenters. The van der Waals surface area contributed by atoms with Crippen molar-refractivity contribution in [3.05, 3.63) is 70.3 Å². The van der Waals surface area contributed by atoms with E-state index in [0.717, 1.165) is 0 Å². The molecule has 0 amide bonds. The molecule has 0 spiro atoms. The van der Waals surface area contributed by atoms with Crippen molar-refractivity contribution in [1.82, 2.24) is 0 Å². The van der Waals surface area contributed by atoms with Gasteiger partial charge in [0.25, 0.3) is 0 Å². The lowest BCUT2D eigenvalue weighted by Crippen LogP contribution is -2.10. The normalized spacial score (nSPS) is 21.7. The van der Waals surface area contributed by atoms with Crippen LogP contribution < -0.4 is 0 Å². The first-order valence-electron chi connectivity index (χ1n) is 7.93. The molecule has 0 aliphatic heterocycles. The maximum atomic E-state index is 3.99. The summed E-state index contributed by atoms with van der Waals surface area (Å²) in [5.74, 6) is 0.691. The molecule has 21 heavy (non-hydrogen) atoms. The highest BCUT2D eigenvalue weighted by molar-refractivity contribution is 9.09. The van der Waals surface area contributed by atoms with Gasteiger partial charge in [0.2, 0.25) is 0 Å². The number of hydrogen-bond acceptors (Lipinski definition) is 0. The Morgan fingerprint density at radius 2 is 1.86 bits per heavy atom. The summed E-state index contributed by atoms with van der Waals surface area (Å²) in [6, 6.07) is 15.9. The molecule has 0 bridgehead atoms. The van der Waals surface area contributed by atoms with E-state index in [9.17, 15) is 0 Å². The molecule has 0 fully saturated rings. The molecular weight excluding hydrogens is 320 g/mol. The predicted molar refractivity (Wildman–Crippen MR) is 94.2 cm³/mol. The second-order valence-corrected chi connectivity index (χ2v) is 7.36. The lowest BCUT2D eigenvalue weighted by atomic mass is 9.89. The van der Waals surface area contributed by atoms with Crippen LogP contribution in [0, 0.1) is 19.8 Å². The van der Waals surface area contributed by atoms with Gasteiger partial charge in [-0.2, -0.15) is 0 Å². The summed E-state index contributed by atoms with van der Waals surface area (Å²) in [4.78, 5) is 0.484. The second-order valence-electron chi connectivity index (χ2n) is 6.38. The fourth-order valence-corrected chi connectivity index (χ4v) is 4.32.